The van der Waals surface area contributed by atoms with Gasteiger partial charge in [0.2, 0.25) is 0 Å². The summed E-state index contributed by atoms with van der Waals surface area (Å²) < 4.78 is 24.9. The SMILES string of the molecule is Cc1nn(C2CCS(=O)(=O)C2)c(N)c1-c1ccccc1. The lowest BCUT2D eigenvalue weighted by molar-refractivity contribution is 0.504. The van der Waals surface area contributed by atoms with Crippen molar-refractivity contribution < 1.29 is 8.42 Å². The van der Waals surface area contributed by atoms with Crippen LogP contribution in [0.4, 0.5) is 5.82 Å². The standard InChI is InChI=1S/C14H17N3O2S/c1-10-13(11-5-3-2-4-6-11)14(15)17(16-10)12-7-8-20(18,19)9-12/h2-6,12H,7-9,15H2,1H3. The molecule has 106 valence electrons. The molecule has 0 aliphatic carbocycles. The Kier molecular flexibility index (Phi) is 3.05. The molecule has 1 aliphatic heterocycles. The summed E-state index contributed by atoms with van der Waals surface area (Å²) in [6.07, 6.45) is 0.585. The van der Waals surface area contributed by atoms with Gasteiger partial charge in [0.25, 0.3) is 0 Å². The Bertz CT molecular complexity index is 735. The third-order valence-electron chi connectivity index (χ3n) is 3.74. The van der Waals surface area contributed by atoms with Crippen molar-refractivity contribution in [1.29, 1.82) is 0 Å². The van der Waals surface area contributed by atoms with Crippen molar-refractivity contribution in [2.45, 2.75) is 19.4 Å². The van der Waals surface area contributed by atoms with Crippen molar-refractivity contribution in [3.63, 3.8) is 0 Å². The van der Waals surface area contributed by atoms with E-state index in [1.54, 1.807) is 4.68 Å². The van der Waals surface area contributed by atoms with E-state index < -0.39 is 9.84 Å². The smallest absolute Gasteiger partial charge is 0.152 e. The Morgan fingerprint density at radius 1 is 1.30 bits per heavy atom. The van der Waals surface area contributed by atoms with Gasteiger partial charge < -0.3 is 5.73 Å². The van der Waals surface area contributed by atoms with E-state index in [4.69, 9.17) is 5.73 Å². The molecule has 1 unspecified atom stereocenters. The molecule has 1 saturated heterocycles. The maximum atomic E-state index is 11.6. The molecule has 1 aromatic carbocycles. The zero-order valence-electron chi connectivity index (χ0n) is 11.3. The van der Waals surface area contributed by atoms with Crippen LogP contribution in [0.2, 0.25) is 0 Å². The number of nitrogens with zero attached hydrogens (tertiary/aromatic N) is 2. The Balaban J connectivity index is 2.04. The maximum absolute atomic E-state index is 11.6. The van der Waals surface area contributed by atoms with E-state index >= 15 is 0 Å². The first-order valence-electron chi connectivity index (χ1n) is 6.58. The molecule has 2 aromatic rings. The number of hydrogen-bond acceptors (Lipinski definition) is 4. The second-order valence-electron chi connectivity index (χ2n) is 5.21. The summed E-state index contributed by atoms with van der Waals surface area (Å²) in [6, 6.07) is 9.67. The molecule has 0 bridgehead atoms. The zero-order chi connectivity index (χ0) is 14.3. The first-order chi connectivity index (χ1) is 9.48. The van der Waals surface area contributed by atoms with E-state index in [0.29, 0.717) is 12.2 Å². The molecule has 0 amide bonds. The average Bonchev–Trinajstić information content (AvgIpc) is 2.90. The molecule has 1 aliphatic rings. The van der Waals surface area contributed by atoms with Crippen LogP contribution in [0.1, 0.15) is 18.2 Å². The third kappa shape index (κ3) is 2.20. The van der Waals surface area contributed by atoms with Crippen molar-refractivity contribution in [2.75, 3.05) is 17.2 Å². The van der Waals surface area contributed by atoms with E-state index in [0.717, 1.165) is 16.8 Å². The molecule has 0 saturated carbocycles. The summed E-state index contributed by atoms with van der Waals surface area (Å²) in [5.74, 6) is 0.902. The van der Waals surface area contributed by atoms with E-state index in [-0.39, 0.29) is 17.5 Å². The molecule has 0 radical (unpaired) electrons. The minimum Gasteiger partial charge on any atom is -0.383 e. The number of anilines is 1. The minimum absolute atomic E-state index is 0.131. The van der Waals surface area contributed by atoms with Crippen LogP contribution in [0.25, 0.3) is 11.1 Å². The Labute approximate surface area is 118 Å². The van der Waals surface area contributed by atoms with Gasteiger partial charge in [-0.2, -0.15) is 5.10 Å². The number of hydrogen-bond donors (Lipinski definition) is 1. The number of benzene rings is 1. The number of sulfone groups is 1. The highest BCUT2D eigenvalue weighted by Crippen LogP contribution is 2.33. The molecule has 1 fully saturated rings. The summed E-state index contributed by atoms with van der Waals surface area (Å²) in [5.41, 5.74) is 8.95. The van der Waals surface area contributed by atoms with Crippen molar-refractivity contribution in [3.8, 4) is 11.1 Å². The number of aromatic nitrogens is 2. The Morgan fingerprint density at radius 2 is 2.00 bits per heavy atom. The molecular formula is C14H17N3O2S. The molecule has 1 atom stereocenters. The molecule has 5 nitrogen and oxygen atoms in total. The molecule has 2 N–H and O–H groups in total. The number of nitrogen functional groups attached to an aromatic ring is 1. The van der Waals surface area contributed by atoms with Gasteiger partial charge in [-0.15, -0.1) is 0 Å². The quantitative estimate of drug-likeness (QED) is 0.915. The van der Waals surface area contributed by atoms with Gasteiger partial charge in [0.1, 0.15) is 5.82 Å². The van der Waals surface area contributed by atoms with Crippen LogP contribution < -0.4 is 5.73 Å². The van der Waals surface area contributed by atoms with E-state index in [2.05, 4.69) is 5.10 Å². The van der Waals surface area contributed by atoms with E-state index in [9.17, 15) is 8.42 Å². The predicted octanol–water partition coefficient (Wildman–Crippen LogP) is 1.80. The van der Waals surface area contributed by atoms with Crippen LogP contribution in [0.15, 0.2) is 30.3 Å². The molecular weight excluding hydrogens is 274 g/mol. The van der Waals surface area contributed by atoms with Gasteiger partial charge >= 0.3 is 0 Å². The molecule has 3 rings (SSSR count). The minimum atomic E-state index is -2.94. The van der Waals surface area contributed by atoms with Crippen LogP contribution in [0, 0.1) is 6.92 Å². The molecule has 2 heterocycles. The summed E-state index contributed by atoms with van der Waals surface area (Å²) in [4.78, 5) is 0. The van der Waals surface area contributed by atoms with Gasteiger partial charge in [-0.05, 0) is 18.9 Å². The van der Waals surface area contributed by atoms with Crippen LogP contribution in [-0.2, 0) is 9.84 Å². The maximum Gasteiger partial charge on any atom is 0.152 e. The zero-order valence-corrected chi connectivity index (χ0v) is 12.1. The Hall–Kier alpha value is -1.82. The number of aryl methyl sites for hydroxylation is 1. The van der Waals surface area contributed by atoms with Crippen molar-refractivity contribution in [2.24, 2.45) is 0 Å². The van der Waals surface area contributed by atoms with Crippen molar-refractivity contribution in [3.05, 3.63) is 36.0 Å². The first-order valence-corrected chi connectivity index (χ1v) is 8.40. The van der Waals surface area contributed by atoms with Gasteiger partial charge in [-0.25, -0.2) is 13.1 Å². The molecule has 6 heteroatoms. The summed E-state index contributed by atoms with van der Waals surface area (Å²) in [5, 5.41) is 4.46. The number of nitrogens with two attached hydrogens (primary N) is 1. The average molecular weight is 291 g/mol. The normalized spacial score (nSPS) is 21.1. The fraction of sp³-hybridized carbons (Fsp3) is 0.357. The van der Waals surface area contributed by atoms with Gasteiger partial charge in [0.05, 0.1) is 23.2 Å². The van der Waals surface area contributed by atoms with E-state index in [1.807, 2.05) is 37.3 Å². The van der Waals surface area contributed by atoms with Gasteiger partial charge in [0, 0.05) is 5.56 Å². The lowest BCUT2D eigenvalue weighted by Crippen LogP contribution is -2.14. The fourth-order valence-corrected chi connectivity index (χ4v) is 4.47. The highest BCUT2D eigenvalue weighted by Gasteiger charge is 2.31. The topological polar surface area (TPSA) is 78.0 Å². The van der Waals surface area contributed by atoms with Crippen LogP contribution in [0.5, 0.6) is 0 Å². The van der Waals surface area contributed by atoms with E-state index in [1.165, 1.54) is 0 Å². The largest absolute Gasteiger partial charge is 0.383 e. The van der Waals surface area contributed by atoms with Crippen LogP contribution in [-0.4, -0.2) is 29.7 Å². The lowest BCUT2D eigenvalue weighted by atomic mass is 10.1. The van der Waals surface area contributed by atoms with Crippen LogP contribution in [0.3, 0.4) is 0 Å². The van der Waals surface area contributed by atoms with Crippen LogP contribution >= 0.6 is 0 Å². The highest BCUT2D eigenvalue weighted by atomic mass is 32.2. The predicted molar refractivity (Wildman–Crippen MR) is 79.1 cm³/mol. The highest BCUT2D eigenvalue weighted by molar-refractivity contribution is 7.91. The van der Waals surface area contributed by atoms with Gasteiger partial charge in [0.15, 0.2) is 9.84 Å². The molecule has 20 heavy (non-hydrogen) atoms. The number of rotatable bonds is 2. The second kappa shape index (κ2) is 4.63. The first kappa shape index (κ1) is 13.2. The summed E-state index contributed by atoms with van der Waals surface area (Å²) in [7, 11) is -2.94. The monoisotopic (exact) mass is 291 g/mol. The Morgan fingerprint density at radius 3 is 2.60 bits per heavy atom. The van der Waals surface area contributed by atoms with Crippen molar-refractivity contribution in [1.82, 2.24) is 9.78 Å². The fourth-order valence-electron chi connectivity index (χ4n) is 2.77. The van der Waals surface area contributed by atoms with Crippen molar-refractivity contribution >= 4 is 15.7 Å². The van der Waals surface area contributed by atoms with Gasteiger partial charge in [-0.3, -0.25) is 0 Å². The van der Waals surface area contributed by atoms with Gasteiger partial charge in [-0.1, -0.05) is 30.3 Å². The summed E-state index contributed by atoms with van der Waals surface area (Å²) in [6.45, 7) is 1.90. The summed E-state index contributed by atoms with van der Waals surface area (Å²) >= 11 is 0. The molecule has 0 spiro atoms. The lowest BCUT2D eigenvalue weighted by Gasteiger charge is -2.11. The third-order valence-corrected chi connectivity index (χ3v) is 5.49. The second-order valence-corrected chi connectivity index (χ2v) is 7.44. The molecule has 1 aromatic heterocycles.